The number of methoxy groups -OCH3 is 1. The summed E-state index contributed by atoms with van der Waals surface area (Å²) in [4.78, 5) is 3.24. The minimum absolute atomic E-state index is 0.687. The topological polar surface area (TPSA) is 79.7 Å². The highest BCUT2D eigenvalue weighted by Gasteiger charge is 2.08. The normalized spacial score (nSPS) is 10.9. The third-order valence-electron chi connectivity index (χ3n) is 3.09. The van der Waals surface area contributed by atoms with Crippen molar-refractivity contribution in [2.24, 2.45) is 0 Å². The van der Waals surface area contributed by atoms with E-state index >= 15 is 0 Å². The molecule has 0 radical (unpaired) electrons. The minimum Gasteiger partial charge on any atom is -0.497 e. The number of nitrogens with one attached hydrogen (secondary N) is 2. The van der Waals surface area contributed by atoms with Gasteiger partial charge >= 0.3 is 0 Å². The Bertz CT molecular complexity index is 683. The summed E-state index contributed by atoms with van der Waals surface area (Å²) in [5, 5.41) is 7.99. The standard InChI is InChI=1S/C13H14N4O/c1-18-9-2-3-12-10(5-9)8(6-15-12)4-13-11(14)7-16-17-13/h2-3,5-7,15H,4,14H2,1H3,(H,16,17). The number of anilines is 1. The molecule has 18 heavy (non-hydrogen) atoms. The van der Waals surface area contributed by atoms with E-state index in [2.05, 4.69) is 15.2 Å². The fraction of sp³-hybridized carbons (Fsp3) is 0.154. The van der Waals surface area contributed by atoms with Crippen molar-refractivity contribution in [3.8, 4) is 5.75 Å². The van der Waals surface area contributed by atoms with Crippen molar-refractivity contribution in [3.63, 3.8) is 0 Å². The van der Waals surface area contributed by atoms with E-state index in [4.69, 9.17) is 10.5 Å². The molecule has 0 bridgehead atoms. The smallest absolute Gasteiger partial charge is 0.119 e. The van der Waals surface area contributed by atoms with E-state index in [9.17, 15) is 0 Å². The SMILES string of the molecule is COc1ccc2[nH]cc(Cc3[nH]ncc3N)c2c1. The molecule has 1 aromatic carbocycles. The van der Waals surface area contributed by atoms with Gasteiger partial charge in [0.2, 0.25) is 0 Å². The number of benzene rings is 1. The highest BCUT2D eigenvalue weighted by atomic mass is 16.5. The fourth-order valence-corrected chi connectivity index (χ4v) is 2.08. The lowest BCUT2D eigenvalue weighted by Crippen LogP contribution is -1.93. The number of H-pyrrole nitrogens is 2. The number of aromatic amines is 2. The molecule has 3 aromatic rings. The van der Waals surface area contributed by atoms with Gasteiger partial charge in [-0.1, -0.05) is 0 Å². The summed E-state index contributed by atoms with van der Waals surface area (Å²) in [6, 6.07) is 5.97. The van der Waals surface area contributed by atoms with Gasteiger partial charge in [-0.3, -0.25) is 5.10 Å². The van der Waals surface area contributed by atoms with Gasteiger partial charge in [0.1, 0.15) is 5.75 Å². The molecule has 0 saturated heterocycles. The number of nitrogens with zero attached hydrogens (tertiary/aromatic N) is 1. The summed E-state index contributed by atoms with van der Waals surface area (Å²) in [7, 11) is 1.67. The largest absolute Gasteiger partial charge is 0.497 e. The van der Waals surface area contributed by atoms with Crippen LogP contribution in [0.3, 0.4) is 0 Å². The highest BCUT2D eigenvalue weighted by Crippen LogP contribution is 2.25. The van der Waals surface area contributed by atoms with E-state index in [1.54, 1.807) is 13.3 Å². The predicted octanol–water partition coefficient (Wildman–Crippen LogP) is 2.07. The lowest BCUT2D eigenvalue weighted by molar-refractivity contribution is 0.415. The molecule has 5 nitrogen and oxygen atoms in total. The average molecular weight is 242 g/mol. The predicted molar refractivity (Wildman–Crippen MR) is 70.7 cm³/mol. The summed E-state index contributed by atoms with van der Waals surface area (Å²) < 4.78 is 5.25. The van der Waals surface area contributed by atoms with Crippen LogP contribution in [-0.2, 0) is 6.42 Å². The van der Waals surface area contributed by atoms with Gasteiger partial charge in [0, 0.05) is 23.5 Å². The number of hydrogen-bond donors (Lipinski definition) is 3. The number of fused-ring (bicyclic) bond motifs is 1. The van der Waals surface area contributed by atoms with Crippen LogP contribution < -0.4 is 10.5 Å². The zero-order valence-electron chi connectivity index (χ0n) is 10.0. The van der Waals surface area contributed by atoms with Crippen molar-refractivity contribution in [2.45, 2.75) is 6.42 Å². The van der Waals surface area contributed by atoms with Gasteiger partial charge in [-0.15, -0.1) is 0 Å². The number of hydrogen-bond acceptors (Lipinski definition) is 3. The van der Waals surface area contributed by atoms with Gasteiger partial charge in [0.25, 0.3) is 0 Å². The second-order valence-corrected chi connectivity index (χ2v) is 4.21. The van der Waals surface area contributed by atoms with Crippen molar-refractivity contribution in [2.75, 3.05) is 12.8 Å². The summed E-state index contributed by atoms with van der Waals surface area (Å²) in [5.41, 5.74) is 9.70. The summed E-state index contributed by atoms with van der Waals surface area (Å²) in [5.74, 6) is 0.848. The van der Waals surface area contributed by atoms with Gasteiger partial charge < -0.3 is 15.5 Å². The molecule has 0 aliphatic rings. The van der Waals surface area contributed by atoms with Gasteiger partial charge in [-0.05, 0) is 23.8 Å². The van der Waals surface area contributed by atoms with E-state index in [-0.39, 0.29) is 0 Å². The number of nitrogens with two attached hydrogens (primary N) is 1. The van der Waals surface area contributed by atoms with E-state index in [1.165, 1.54) is 5.56 Å². The van der Waals surface area contributed by atoms with Crippen molar-refractivity contribution in [1.29, 1.82) is 0 Å². The quantitative estimate of drug-likeness (QED) is 0.657. The monoisotopic (exact) mass is 242 g/mol. The molecule has 2 aromatic heterocycles. The first-order chi connectivity index (χ1) is 8.78. The van der Waals surface area contributed by atoms with Crippen molar-refractivity contribution >= 4 is 16.6 Å². The Hall–Kier alpha value is -2.43. The van der Waals surface area contributed by atoms with Crippen molar-refractivity contribution in [3.05, 3.63) is 41.9 Å². The maximum absolute atomic E-state index is 5.83. The van der Waals surface area contributed by atoms with E-state index in [1.807, 2.05) is 24.4 Å². The fourth-order valence-electron chi connectivity index (χ4n) is 2.08. The maximum atomic E-state index is 5.83. The lowest BCUT2D eigenvalue weighted by Gasteiger charge is -2.01. The third kappa shape index (κ3) is 1.69. The van der Waals surface area contributed by atoms with Crippen LogP contribution in [0.2, 0.25) is 0 Å². The minimum atomic E-state index is 0.687. The molecular formula is C13H14N4O. The number of aromatic nitrogens is 3. The zero-order chi connectivity index (χ0) is 12.5. The van der Waals surface area contributed by atoms with Crippen molar-refractivity contribution in [1.82, 2.24) is 15.2 Å². The average Bonchev–Trinajstić information content (AvgIpc) is 2.97. The van der Waals surface area contributed by atoms with Crippen LogP contribution in [0, 0.1) is 0 Å². The molecular weight excluding hydrogens is 228 g/mol. The molecule has 3 rings (SSSR count). The molecule has 0 fully saturated rings. The molecule has 0 spiro atoms. The Morgan fingerprint density at radius 2 is 2.28 bits per heavy atom. The number of ether oxygens (including phenoxy) is 1. The maximum Gasteiger partial charge on any atom is 0.119 e. The molecule has 0 amide bonds. The second kappa shape index (κ2) is 4.10. The molecule has 4 N–H and O–H groups in total. The number of rotatable bonds is 3. The Labute approximate surface area is 104 Å². The molecule has 92 valence electrons. The van der Waals surface area contributed by atoms with Crippen LogP contribution >= 0.6 is 0 Å². The molecule has 5 heteroatoms. The first kappa shape index (κ1) is 10.7. The molecule has 2 heterocycles. The molecule has 0 atom stereocenters. The Balaban J connectivity index is 2.04. The van der Waals surface area contributed by atoms with Crippen LogP contribution in [0.5, 0.6) is 5.75 Å². The number of nitrogen functional groups attached to an aromatic ring is 1. The van der Waals surface area contributed by atoms with Crippen LogP contribution in [0.1, 0.15) is 11.3 Å². The molecule has 0 unspecified atom stereocenters. The lowest BCUT2D eigenvalue weighted by atomic mass is 10.1. The molecule has 0 saturated carbocycles. The summed E-state index contributed by atoms with van der Waals surface area (Å²) >= 11 is 0. The third-order valence-corrected chi connectivity index (χ3v) is 3.09. The van der Waals surface area contributed by atoms with E-state index in [0.29, 0.717) is 5.69 Å². The van der Waals surface area contributed by atoms with Crippen molar-refractivity contribution < 1.29 is 4.74 Å². The molecule has 0 aliphatic heterocycles. The Morgan fingerprint density at radius 1 is 1.39 bits per heavy atom. The first-order valence-corrected chi connectivity index (χ1v) is 5.69. The summed E-state index contributed by atoms with van der Waals surface area (Å²) in [6.45, 7) is 0. The highest BCUT2D eigenvalue weighted by molar-refractivity contribution is 5.85. The van der Waals surface area contributed by atoms with Gasteiger partial charge in [0.15, 0.2) is 0 Å². The van der Waals surface area contributed by atoms with Crippen LogP contribution in [0.25, 0.3) is 10.9 Å². The van der Waals surface area contributed by atoms with Gasteiger partial charge in [-0.25, -0.2) is 0 Å². The second-order valence-electron chi connectivity index (χ2n) is 4.21. The van der Waals surface area contributed by atoms with Crippen LogP contribution in [0.4, 0.5) is 5.69 Å². The van der Waals surface area contributed by atoms with Gasteiger partial charge in [0.05, 0.1) is 24.7 Å². The van der Waals surface area contributed by atoms with E-state index < -0.39 is 0 Å². The van der Waals surface area contributed by atoms with E-state index in [0.717, 1.165) is 28.8 Å². The Morgan fingerprint density at radius 3 is 3.00 bits per heavy atom. The van der Waals surface area contributed by atoms with Gasteiger partial charge in [-0.2, -0.15) is 5.10 Å². The van der Waals surface area contributed by atoms with Crippen LogP contribution in [0.15, 0.2) is 30.6 Å². The Kier molecular flexibility index (Phi) is 2.44. The molecule has 0 aliphatic carbocycles. The van der Waals surface area contributed by atoms with Crippen LogP contribution in [-0.4, -0.2) is 22.3 Å². The summed E-state index contributed by atoms with van der Waals surface area (Å²) in [6.07, 6.45) is 4.34. The first-order valence-electron chi connectivity index (χ1n) is 5.69. The zero-order valence-corrected chi connectivity index (χ0v) is 10.0.